The predicted octanol–water partition coefficient (Wildman–Crippen LogP) is 5.30. The van der Waals surface area contributed by atoms with Crippen LogP contribution in [0.3, 0.4) is 0 Å². The Balaban J connectivity index is 1.40. The topological polar surface area (TPSA) is 87.7 Å². The molecule has 1 aromatic carbocycles. The maximum Gasteiger partial charge on any atom is 0.319 e. The molecular weight excluding hydrogens is 462 g/mol. The summed E-state index contributed by atoms with van der Waals surface area (Å²) < 4.78 is 6.44. The summed E-state index contributed by atoms with van der Waals surface area (Å²) in [6.07, 6.45) is 6.20. The van der Waals surface area contributed by atoms with Crippen molar-refractivity contribution in [3.63, 3.8) is 0 Å². The van der Waals surface area contributed by atoms with Gasteiger partial charge in [0.25, 0.3) is 5.91 Å². The highest BCUT2D eigenvalue weighted by molar-refractivity contribution is 7.17. The molecule has 2 unspecified atom stereocenters. The second-order valence-electron chi connectivity index (χ2n) is 9.65. The van der Waals surface area contributed by atoms with E-state index in [-0.39, 0.29) is 29.6 Å². The summed E-state index contributed by atoms with van der Waals surface area (Å²) in [5.74, 6) is 0.594. The lowest BCUT2D eigenvalue weighted by atomic mass is 9.74. The van der Waals surface area contributed by atoms with Gasteiger partial charge in [-0.25, -0.2) is 4.79 Å². The maximum absolute atomic E-state index is 13.9. The van der Waals surface area contributed by atoms with E-state index in [1.54, 1.807) is 0 Å². The van der Waals surface area contributed by atoms with Gasteiger partial charge in [-0.05, 0) is 43.0 Å². The highest BCUT2D eigenvalue weighted by atomic mass is 32.1. The number of para-hydroxylation sites is 1. The number of carbonyl (C=O) groups is 3. The van der Waals surface area contributed by atoms with E-state index < -0.39 is 5.60 Å². The number of ether oxygens (including phenoxy) is 1. The minimum atomic E-state index is -0.603. The van der Waals surface area contributed by atoms with Crippen LogP contribution in [0.2, 0.25) is 0 Å². The third-order valence-corrected chi connectivity index (χ3v) is 8.64. The lowest BCUT2D eigenvalue weighted by Crippen LogP contribution is -2.56. The van der Waals surface area contributed by atoms with Gasteiger partial charge in [0.2, 0.25) is 0 Å². The number of hydrogen-bond acceptors (Lipinski definition) is 5. The van der Waals surface area contributed by atoms with Crippen LogP contribution in [0.5, 0.6) is 5.75 Å². The lowest BCUT2D eigenvalue weighted by Gasteiger charge is -2.47. The van der Waals surface area contributed by atoms with Gasteiger partial charge in [0.1, 0.15) is 16.4 Å². The van der Waals surface area contributed by atoms with E-state index >= 15 is 0 Å². The Bertz CT molecular complexity index is 1210. The summed E-state index contributed by atoms with van der Waals surface area (Å²) in [7, 11) is 0. The highest BCUT2D eigenvalue weighted by Gasteiger charge is 2.49. The number of allylic oxidation sites excluding steroid dienone is 1. The van der Waals surface area contributed by atoms with Gasteiger partial charge in [-0.2, -0.15) is 0 Å². The fraction of sp³-hybridized carbons (Fsp3) is 0.444. The number of nitrogens with zero attached hydrogens (tertiary/aromatic N) is 1. The SMILES string of the molecule is CCNC(=O)Nc1sc2c(c1C(=O)N1CCC3(CC1)Oc1ccccc1C(=O)C3C)C(C)CC=C2. The van der Waals surface area contributed by atoms with Crippen LogP contribution in [0.4, 0.5) is 9.80 Å². The van der Waals surface area contributed by atoms with E-state index in [1.807, 2.05) is 49.1 Å². The maximum atomic E-state index is 13.9. The van der Waals surface area contributed by atoms with E-state index in [9.17, 15) is 14.4 Å². The van der Waals surface area contributed by atoms with Gasteiger partial charge in [-0.15, -0.1) is 11.3 Å². The lowest BCUT2D eigenvalue weighted by molar-refractivity contribution is -0.0345. The average Bonchev–Trinajstić information content (AvgIpc) is 3.22. The molecule has 1 aromatic heterocycles. The van der Waals surface area contributed by atoms with Crippen LogP contribution in [-0.4, -0.2) is 47.9 Å². The number of fused-ring (bicyclic) bond motifs is 2. The monoisotopic (exact) mass is 493 g/mol. The zero-order valence-corrected chi connectivity index (χ0v) is 21.2. The molecule has 0 bridgehead atoms. The van der Waals surface area contributed by atoms with Crippen molar-refractivity contribution in [3.05, 3.63) is 51.9 Å². The van der Waals surface area contributed by atoms with Crippen LogP contribution >= 0.6 is 11.3 Å². The molecule has 2 atom stereocenters. The standard InChI is InChI=1S/C27H31N3O4S/c1-4-28-26(33)29-24-22(21-16(2)8-7-11-20(21)35-24)25(32)30-14-12-27(13-15-30)17(3)23(31)18-9-5-6-10-19(18)34-27/h5-7,9-11,16-17H,4,8,12-15H2,1-3H3,(H2,28,29,33). The van der Waals surface area contributed by atoms with E-state index in [1.165, 1.54) is 11.3 Å². The largest absolute Gasteiger partial charge is 0.486 e. The minimum absolute atomic E-state index is 0.0681. The third kappa shape index (κ3) is 4.03. The van der Waals surface area contributed by atoms with Gasteiger partial charge < -0.3 is 15.0 Å². The van der Waals surface area contributed by atoms with Crippen molar-refractivity contribution in [2.45, 2.75) is 51.6 Å². The first-order valence-electron chi connectivity index (χ1n) is 12.3. The fourth-order valence-electron chi connectivity index (χ4n) is 5.50. The molecule has 2 N–H and O–H groups in total. The van der Waals surface area contributed by atoms with E-state index in [0.717, 1.165) is 16.9 Å². The molecule has 3 amide bonds. The van der Waals surface area contributed by atoms with Gasteiger partial charge in [0, 0.05) is 37.4 Å². The number of amides is 3. The molecule has 0 saturated carbocycles. The normalized spacial score (nSPS) is 22.3. The first-order valence-corrected chi connectivity index (χ1v) is 13.2. The van der Waals surface area contributed by atoms with E-state index in [4.69, 9.17) is 4.74 Å². The number of benzene rings is 1. The Hall–Kier alpha value is -3.13. The molecule has 1 spiro atoms. The number of thiophene rings is 1. The van der Waals surface area contributed by atoms with Crippen LogP contribution in [0.15, 0.2) is 30.3 Å². The van der Waals surface area contributed by atoms with Crippen LogP contribution in [0.25, 0.3) is 6.08 Å². The predicted molar refractivity (Wildman–Crippen MR) is 138 cm³/mol. The van der Waals surface area contributed by atoms with Crippen molar-refractivity contribution in [2.75, 3.05) is 25.0 Å². The Morgan fingerprint density at radius 2 is 1.94 bits per heavy atom. The molecule has 7 nitrogen and oxygen atoms in total. The molecule has 184 valence electrons. The molecule has 35 heavy (non-hydrogen) atoms. The molecule has 1 saturated heterocycles. The number of urea groups is 1. The van der Waals surface area contributed by atoms with Crippen LogP contribution in [0.1, 0.15) is 77.1 Å². The zero-order chi connectivity index (χ0) is 24.7. The molecule has 2 aromatic rings. The number of Topliss-reactive ketones (excluding diaryl/α,β-unsaturated/α-hetero) is 1. The van der Waals surface area contributed by atoms with Gasteiger partial charge in [-0.3, -0.25) is 14.9 Å². The Morgan fingerprint density at radius 1 is 1.20 bits per heavy atom. The van der Waals surface area contributed by atoms with Crippen LogP contribution < -0.4 is 15.4 Å². The van der Waals surface area contributed by atoms with Crippen molar-refractivity contribution in [1.29, 1.82) is 0 Å². The quantitative estimate of drug-likeness (QED) is 0.608. The van der Waals surface area contributed by atoms with Crippen molar-refractivity contribution in [3.8, 4) is 5.75 Å². The fourth-order valence-corrected chi connectivity index (χ4v) is 6.74. The summed E-state index contributed by atoms with van der Waals surface area (Å²) in [6, 6.07) is 7.10. The molecule has 1 aliphatic carbocycles. The van der Waals surface area contributed by atoms with Gasteiger partial charge in [0.05, 0.1) is 17.0 Å². The number of hydrogen-bond donors (Lipinski definition) is 2. The molecule has 0 radical (unpaired) electrons. The van der Waals surface area contributed by atoms with Crippen molar-refractivity contribution >= 4 is 40.1 Å². The summed E-state index contributed by atoms with van der Waals surface area (Å²) in [5.41, 5.74) is 1.65. The van der Waals surface area contributed by atoms with Crippen LogP contribution in [0, 0.1) is 5.92 Å². The minimum Gasteiger partial charge on any atom is -0.486 e. The smallest absolute Gasteiger partial charge is 0.319 e. The highest BCUT2D eigenvalue weighted by Crippen LogP contribution is 2.45. The second kappa shape index (κ2) is 9.15. The third-order valence-electron chi connectivity index (χ3n) is 7.55. The Labute approximate surface area is 209 Å². The number of carbonyl (C=O) groups excluding carboxylic acids is 3. The van der Waals surface area contributed by atoms with Crippen molar-refractivity contribution in [1.82, 2.24) is 10.2 Å². The average molecular weight is 494 g/mol. The summed E-state index contributed by atoms with van der Waals surface area (Å²) in [5, 5.41) is 6.25. The van der Waals surface area contributed by atoms with Crippen molar-refractivity contribution < 1.29 is 19.1 Å². The first kappa shape index (κ1) is 23.6. The van der Waals surface area contributed by atoms with E-state index in [0.29, 0.717) is 54.4 Å². The molecule has 8 heteroatoms. The Morgan fingerprint density at radius 3 is 2.69 bits per heavy atom. The number of ketones is 1. The number of piperidine rings is 1. The summed E-state index contributed by atoms with van der Waals surface area (Å²) in [6.45, 7) is 7.41. The molecule has 5 rings (SSSR count). The second-order valence-corrected chi connectivity index (χ2v) is 10.7. The Kier molecular flexibility index (Phi) is 6.17. The molecule has 3 aliphatic rings. The molecule has 2 aliphatic heterocycles. The van der Waals surface area contributed by atoms with Gasteiger partial charge >= 0.3 is 6.03 Å². The first-order chi connectivity index (χ1) is 16.8. The molecule has 1 fully saturated rings. The number of rotatable bonds is 3. The summed E-state index contributed by atoms with van der Waals surface area (Å²) >= 11 is 1.45. The van der Waals surface area contributed by atoms with Gasteiger partial charge in [-0.1, -0.05) is 32.1 Å². The number of likely N-dealkylation sites (tertiary alicyclic amines) is 1. The number of anilines is 1. The zero-order valence-electron chi connectivity index (χ0n) is 20.3. The van der Waals surface area contributed by atoms with Gasteiger partial charge in [0.15, 0.2) is 5.78 Å². The van der Waals surface area contributed by atoms with Crippen LogP contribution in [-0.2, 0) is 0 Å². The van der Waals surface area contributed by atoms with E-state index in [2.05, 4.69) is 23.6 Å². The summed E-state index contributed by atoms with van der Waals surface area (Å²) in [4.78, 5) is 42.2. The molecular formula is C27H31N3O4S. The van der Waals surface area contributed by atoms with Crippen molar-refractivity contribution in [2.24, 2.45) is 5.92 Å². The molecule has 3 heterocycles. The number of nitrogens with one attached hydrogen (secondary N) is 2.